The molecule has 1 saturated carbocycles. The van der Waals surface area contributed by atoms with Crippen molar-refractivity contribution in [1.82, 2.24) is 25.6 Å². The van der Waals surface area contributed by atoms with Gasteiger partial charge in [0.2, 0.25) is 5.91 Å². The lowest BCUT2D eigenvalue weighted by Crippen LogP contribution is -2.31. The lowest BCUT2D eigenvalue weighted by atomic mass is 10.0. The number of aryl methyl sites for hydroxylation is 1. The van der Waals surface area contributed by atoms with Gasteiger partial charge in [0, 0.05) is 38.0 Å². The number of rotatable bonds is 16. The third kappa shape index (κ3) is 10.2. The van der Waals surface area contributed by atoms with Crippen LogP contribution in [0, 0.1) is 23.7 Å². The first-order valence-corrected chi connectivity index (χ1v) is 14.1. The number of hydrogen-bond donors (Lipinski definition) is 2. The van der Waals surface area contributed by atoms with Crippen molar-refractivity contribution < 1.29 is 23.8 Å². The second kappa shape index (κ2) is 15.3. The zero-order valence-electron chi connectivity index (χ0n) is 23.2. The first-order valence-electron chi connectivity index (χ1n) is 14.1. The summed E-state index contributed by atoms with van der Waals surface area (Å²) >= 11 is 0. The molecular weight excluding hydrogens is 474 g/mol. The van der Waals surface area contributed by atoms with Crippen LogP contribution >= 0.6 is 0 Å². The smallest absolute Gasteiger partial charge is 0.407 e. The van der Waals surface area contributed by atoms with E-state index in [0.29, 0.717) is 63.0 Å². The molecule has 2 N–H and O–H groups in total. The maximum atomic E-state index is 12.3. The van der Waals surface area contributed by atoms with Crippen LogP contribution in [0.3, 0.4) is 0 Å². The summed E-state index contributed by atoms with van der Waals surface area (Å²) in [5.74, 6) is 2.02. The summed E-state index contributed by atoms with van der Waals surface area (Å²) in [7, 11) is 0. The van der Waals surface area contributed by atoms with Crippen LogP contribution in [0.25, 0.3) is 0 Å². The molecule has 1 fully saturated rings. The highest BCUT2D eigenvalue weighted by atomic mass is 16.6. The van der Waals surface area contributed by atoms with Crippen LogP contribution in [0.15, 0.2) is 0 Å². The lowest BCUT2D eigenvalue weighted by molar-refractivity contribution is -0.121. The highest BCUT2D eigenvalue weighted by Gasteiger charge is 2.53. The number of nitrogens with one attached hydrogen (secondary N) is 2. The van der Waals surface area contributed by atoms with Gasteiger partial charge in [0.1, 0.15) is 6.10 Å². The van der Waals surface area contributed by atoms with Crippen molar-refractivity contribution in [3.63, 3.8) is 0 Å². The average Bonchev–Trinajstić information content (AvgIpc) is 3.32. The summed E-state index contributed by atoms with van der Waals surface area (Å²) in [5, 5.41) is 14.4. The van der Waals surface area contributed by atoms with Crippen LogP contribution in [0.4, 0.5) is 4.79 Å². The van der Waals surface area contributed by atoms with Crippen molar-refractivity contribution in [1.29, 1.82) is 0 Å². The van der Waals surface area contributed by atoms with Gasteiger partial charge in [-0.1, -0.05) is 32.9 Å². The first kappa shape index (κ1) is 29.4. The molecule has 0 saturated heterocycles. The summed E-state index contributed by atoms with van der Waals surface area (Å²) < 4.78 is 19.0. The Kier molecular flexibility index (Phi) is 12.1. The van der Waals surface area contributed by atoms with Crippen LogP contribution in [0.1, 0.15) is 71.2 Å². The van der Waals surface area contributed by atoms with Crippen molar-refractivity contribution >= 4 is 12.0 Å². The zero-order valence-corrected chi connectivity index (χ0v) is 23.2. The van der Waals surface area contributed by atoms with Gasteiger partial charge in [0.15, 0.2) is 0 Å². The van der Waals surface area contributed by atoms with Crippen molar-refractivity contribution in [2.24, 2.45) is 23.7 Å². The van der Waals surface area contributed by atoms with Crippen molar-refractivity contribution in [3.05, 3.63) is 11.4 Å². The number of fused-ring (bicyclic) bond motifs is 2. The van der Waals surface area contributed by atoms with Gasteiger partial charge in [-0.15, -0.1) is 5.10 Å². The number of ether oxygens (including phenoxy) is 3. The summed E-state index contributed by atoms with van der Waals surface area (Å²) in [5.41, 5.74) is 2.28. The molecule has 2 aliphatic rings. The fourth-order valence-electron chi connectivity index (χ4n) is 4.80. The third-order valence-electron chi connectivity index (χ3n) is 7.16. The molecule has 1 aromatic rings. The molecule has 0 bridgehead atoms. The Balaban J connectivity index is 1.26. The predicted octanol–water partition coefficient (Wildman–Crippen LogP) is 3.13. The van der Waals surface area contributed by atoms with Gasteiger partial charge in [0.05, 0.1) is 37.8 Å². The molecule has 0 spiro atoms. The lowest BCUT2D eigenvalue weighted by Gasteiger charge is -2.11. The summed E-state index contributed by atoms with van der Waals surface area (Å²) in [6, 6.07) is 0. The number of nitrogens with zero attached hydrogens (tertiary/aromatic N) is 3. The van der Waals surface area contributed by atoms with Crippen molar-refractivity contribution in [2.75, 3.05) is 39.5 Å². The molecule has 2 amide bonds. The van der Waals surface area contributed by atoms with Crippen LogP contribution in [0.2, 0.25) is 0 Å². The van der Waals surface area contributed by atoms with E-state index in [1.165, 1.54) is 5.69 Å². The summed E-state index contributed by atoms with van der Waals surface area (Å²) in [4.78, 5) is 23.9. The van der Waals surface area contributed by atoms with Crippen molar-refractivity contribution in [3.8, 4) is 0 Å². The molecule has 0 radical (unpaired) electrons. The fourth-order valence-corrected chi connectivity index (χ4v) is 4.80. The van der Waals surface area contributed by atoms with Crippen molar-refractivity contribution in [2.45, 2.75) is 85.3 Å². The van der Waals surface area contributed by atoms with E-state index in [4.69, 9.17) is 14.2 Å². The average molecular weight is 522 g/mol. The van der Waals surface area contributed by atoms with Crippen LogP contribution in [0.5, 0.6) is 0 Å². The van der Waals surface area contributed by atoms with Gasteiger partial charge in [-0.2, -0.15) is 0 Å². The van der Waals surface area contributed by atoms with E-state index < -0.39 is 0 Å². The van der Waals surface area contributed by atoms with Gasteiger partial charge in [0.25, 0.3) is 0 Å². The molecule has 1 heterocycles. The SMILES string of the molecule is CC(C)CCOCCn1nnc2c1CCC1C(CC2)C1OC(=O)NCCOCCNC(=O)CCC(C)C. The van der Waals surface area contributed by atoms with Crippen LogP contribution < -0.4 is 10.6 Å². The molecule has 3 unspecified atom stereocenters. The first-order chi connectivity index (χ1) is 17.8. The normalized spacial score (nSPS) is 20.6. The maximum Gasteiger partial charge on any atom is 0.407 e. The molecule has 2 aliphatic carbocycles. The van der Waals surface area contributed by atoms with E-state index in [0.717, 1.165) is 57.4 Å². The number of carbonyl (C=O) groups is 2. The third-order valence-corrected chi connectivity index (χ3v) is 7.16. The monoisotopic (exact) mass is 521 g/mol. The van der Waals surface area contributed by atoms with E-state index in [1.807, 2.05) is 4.68 Å². The highest BCUT2D eigenvalue weighted by Crippen LogP contribution is 2.49. The highest BCUT2D eigenvalue weighted by molar-refractivity contribution is 5.75. The Morgan fingerprint density at radius 1 is 0.919 bits per heavy atom. The quantitative estimate of drug-likeness (QED) is 0.321. The van der Waals surface area contributed by atoms with E-state index in [-0.39, 0.29) is 18.1 Å². The summed E-state index contributed by atoms with van der Waals surface area (Å²) in [6.45, 7) is 12.4. The Morgan fingerprint density at radius 3 is 2.32 bits per heavy atom. The predicted molar refractivity (Wildman–Crippen MR) is 140 cm³/mol. The van der Waals surface area contributed by atoms with Gasteiger partial charge in [-0.3, -0.25) is 4.79 Å². The fraction of sp³-hybridized carbons (Fsp3) is 0.852. The number of alkyl carbamates (subject to hydrolysis) is 1. The number of carbonyl (C=O) groups excluding carboxylic acids is 2. The molecule has 37 heavy (non-hydrogen) atoms. The Morgan fingerprint density at radius 2 is 1.59 bits per heavy atom. The number of hydrogen-bond acceptors (Lipinski definition) is 7. The number of amides is 2. The largest absolute Gasteiger partial charge is 0.446 e. The van der Waals surface area contributed by atoms with Crippen LogP contribution in [-0.2, 0) is 38.4 Å². The van der Waals surface area contributed by atoms with E-state index in [1.54, 1.807) is 0 Å². The van der Waals surface area contributed by atoms with Gasteiger partial charge < -0.3 is 24.8 Å². The van der Waals surface area contributed by atoms with E-state index in [9.17, 15) is 9.59 Å². The van der Waals surface area contributed by atoms with E-state index >= 15 is 0 Å². The van der Waals surface area contributed by atoms with Gasteiger partial charge >= 0.3 is 6.09 Å². The van der Waals surface area contributed by atoms with Gasteiger partial charge in [-0.25, -0.2) is 9.48 Å². The molecule has 3 atom stereocenters. The van der Waals surface area contributed by atoms with Crippen LogP contribution in [-0.4, -0.2) is 72.6 Å². The number of aromatic nitrogens is 3. The molecular formula is C27H47N5O5. The standard InChI is InChI=1S/C27H47N5O5/c1-19(2)5-10-25(33)28-12-16-36-17-13-29-27(34)37-26-21-6-8-23-24(9-7-22(21)26)32(31-30-23)14-18-35-15-11-20(3)4/h19-22,26H,5-18H2,1-4H3,(H,28,33)(H,29,34). The molecule has 10 heteroatoms. The van der Waals surface area contributed by atoms with E-state index in [2.05, 4.69) is 48.6 Å². The molecule has 0 aliphatic heterocycles. The minimum atomic E-state index is -0.386. The topological polar surface area (TPSA) is 117 Å². The van der Waals surface area contributed by atoms with Gasteiger partial charge in [-0.05, 0) is 50.4 Å². The molecule has 10 nitrogen and oxygen atoms in total. The summed E-state index contributed by atoms with van der Waals surface area (Å²) in [6.07, 6.45) is 5.80. The Bertz CT molecular complexity index is 843. The molecule has 0 aromatic carbocycles. The molecule has 1 aromatic heterocycles. The second-order valence-corrected chi connectivity index (χ2v) is 11.1. The zero-order chi connectivity index (χ0) is 26.6. The minimum Gasteiger partial charge on any atom is -0.446 e. The minimum absolute atomic E-state index is 0.0215. The Labute approximate surface area is 221 Å². The second-order valence-electron chi connectivity index (χ2n) is 11.1. The Hall–Kier alpha value is -2.20. The maximum absolute atomic E-state index is 12.3. The molecule has 210 valence electrons. The molecule has 3 rings (SSSR count).